The van der Waals surface area contributed by atoms with Crippen molar-refractivity contribution < 1.29 is 5.11 Å². The summed E-state index contributed by atoms with van der Waals surface area (Å²) in [4.78, 5) is 2.46. The van der Waals surface area contributed by atoms with E-state index in [0.717, 1.165) is 38.5 Å². The van der Waals surface area contributed by atoms with Gasteiger partial charge in [0, 0.05) is 13.1 Å². The monoisotopic (exact) mass is 256 g/mol. The summed E-state index contributed by atoms with van der Waals surface area (Å²) in [7, 11) is 0. The van der Waals surface area contributed by atoms with Gasteiger partial charge in [-0.15, -0.1) is 0 Å². The molecule has 0 bridgehead atoms. The third-order valence-corrected chi connectivity index (χ3v) is 4.24. The molecular formula is C15H32N2O. The average molecular weight is 256 g/mol. The molecule has 0 radical (unpaired) electrons. The highest BCUT2D eigenvalue weighted by atomic mass is 16.3. The fourth-order valence-corrected chi connectivity index (χ4v) is 2.63. The Morgan fingerprint density at radius 2 is 2.17 bits per heavy atom. The SMILES string of the molecule is CCCN(CC1CCCNC1)CC(C)(O)C(C)C. The van der Waals surface area contributed by atoms with E-state index in [4.69, 9.17) is 0 Å². The summed E-state index contributed by atoms with van der Waals surface area (Å²) in [6.07, 6.45) is 3.79. The normalized spacial score (nSPS) is 24.5. The van der Waals surface area contributed by atoms with Crippen molar-refractivity contribution in [1.29, 1.82) is 0 Å². The predicted molar refractivity (Wildman–Crippen MR) is 77.8 cm³/mol. The van der Waals surface area contributed by atoms with Crippen molar-refractivity contribution in [3.63, 3.8) is 0 Å². The summed E-state index contributed by atoms with van der Waals surface area (Å²) < 4.78 is 0. The molecule has 1 heterocycles. The molecule has 2 atom stereocenters. The van der Waals surface area contributed by atoms with Crippen LogP contribution in [-0.2, 0) is 0 Å². The maximum absolute atomic E-state index is 10.5. The van der Waals surface area contributed by atoms with Gasteiger partial charge in [-0.3, -0.25) is 0 Å². The maximum atomic E-state index is 10.5. The Balaban J connectivity index is 2.47. The molecule has 1 aliphatic heterocycles. The minimum absolute atomic E-state index is 0.307. The van der Waals surface area contributed by atoms with Crippen LogP contribution in [0.4, 0.5) is 0 Å². The molecule has 1 saturated heterocycles. The van der Waals surface area contributed by atoms with E-state index in [2.05, 4.69) is 31.0 Å². The topological polar surface area (TPSA) is 35.5 Å². The van der Waals surface area contributed by atoms with Crippen molar-refractivity contribution in [1.82, 2.24) is 10.2 Å². The van der Waals surface area contributed by atoms with Gasteiger partial charge < -0.3 is 15.3 Å². The molecule has 0 aromatic carbocycles. The van der Waals surface area contributed by atoms with Crippen LogP contribution in [-0.4, -0.2) is 48.3 Å². The van der Waals surface area contributed by atoms with E-state index in [-0.39, 0.29) is 0 Å². The molecule has 3 heteroatoms. The second-order valence-electron chi connectivity index (χ2n) is 6.46. The largest absolute Gasteiger partial charge is 0.389 e. The van der Waals surface area contributed by atoms with Crippen LogP contribution in [0.15, 0.2) is 0 Å². The Hall–Kier alpha value is -0.120. The quantitative estimate of drug-likeness (QED) is 0.732. The number of rotatable bonds is 7. The molecule has 0 aromatic rings. The van der Waals surface area contributed by atoms with Crippen LogP contribution in [0.25, 0.3) is 0 Å². The van der Waals surface area contributed by atoms with Gasteiger partial charge in [-0.25, -0.2) is 0 Å². The first-order valence-electron chi connectivity index (χ1n) is 7.61. The highest BCUT2D eigenvalue weighted by molar-refractivity contribution is 4.82. The lowest BCUT2D eigenvalue weighted by molar-refractivity contribution is -0.0226. The molecule has 0 saturated carbocycles. The second kappa shape index (κ2) is 7.46. The summed E-state index contributed by atoms with van der Waals surface area (Å²) in [6, 6.07) is 0. The molecule has 18 heavy (non-hydrogen) atoms. The first kappa shape index (κ1) is 15.9. The predicted octanol–water partition coefficient (Wildman–Crippen LogP) is 2.10. The van der Waals surface area contributed by atoms with E-state index < -0.39 is 5.60 Å². The Bertz CT molecular complexity index is 223. The third-order valence-electron chi connectivity index (χ3n) is 4.24. The minimum Gasteiger partial charge on any atom is -0.389 e. The van der Waals surface area contributed by atoms with E-state index in [9.17, 15) is 5.11 Å². The zero-order valence-corrected chi connectivity index (χ0v) is 12.7. The molecule has 3 nitrogen and oxygen atoms in total. The standard InChI is InChI=1S/C15H32N2O/c1-5-9-17(12-15(4,18)13(2)3)11-14-7-6-8-16-10-14/h13-14,16,18H,5-12H2,1-4H3. The molecule has 1 fully saturated rings. The molecule has 2 unspecified atom stereocenters. The van der Waals surface area contributed by atoms with Crippen LogP contribution in [0.3, 0.4) is 0 Å². The van der Waals surface area contributed by atoms with Crippen LogP contribution >= 0.6 is 0 Å². The van der Waals surface area contributed by atoms with Crippen LogP contribution < -0.4 is 5.32 Å². The number of hydrogen-bond donors (Lipinski definition) is 2. The fraction of sp³-hybridized carbons (Fsp3) is 1.00. The van der Waals surface area contributed by atoms with Gasteiger partial charge >= 0.3 is 0 Å². The van der Waals surface area contributed by atoms with Crippen molar-refractivity contribution in [3.05, 3.63) is 0 Å². The van der Waals surface area contributed by atoms with Crippen LogP contribution in [0.2, 0.25) is 0 Å². The van der Waals surface area contributed by atoms with E-state index >= 15 is 0 Å². The van der Waals surface area contributed by atoms with Crippen molar-refractivity contribution in [2.24, 2.45) is 11.8 Å². The van der Waals surface area contributed by atoms with Crippen LogP contribution in [0.5, 0.6) is 0 Å². The van der Waals surface area contributed by atoms with Crippen LogP contribution in [0, 0.1) is 11.8 Å². The van der Waals surface area contributed by atoms with Gasteiger partial charge in [-0.05, 0) is 57.7 Å². The lowest BCUT2D eigenvalue weighted by atomic mass is 9.91. The van der Waals surface area contributed by atoms with Crippen molar-refractivity contribution in [3.8, 4) is 0 Å². The molecule has 0 aliphatic carbocycles. The fourth-order valence-electron chi connectivity index (χ4n) is 2.63. The van der Waals surface area contributed by atoms with Gasteiger partial charge in [0.15, 0.2) is 0 Å². The number of hydrogen-bond acceptors (Lipinski definition) is 3. The summed E-state index contributed by atoms with van der Waals surface area (Å²) in [6.45, 7) is 13.7. The highest BCUT2D eigenvalue weighted by Gasteiger charge is 2.28. The van der Waals surface area contributed by atoms with Gasteiger partial charge in [0.1, 0.15) is 0 Å². The zero-order chi connectivity index (χ0) is 13.6. The summed E-state index contributed by atoms with van der Waals surface area (Å²) in [5.41, 5.74) is -0.572. The Morgan fingerprint density at radius 1 is 1.44 bits per heavy atom. The van der Waals surface area contributed by atoms with Gasteiger partial charge in [0.05, 0.1) is 5.60 Å². The van der Waals surface area contributed by atoms with E-state index in [1.165, 1.54) is 19.4 Å². The average Bonchev–Trinajstić information content (AvgIpc) is 2.30. The molecule has 0 aromatic heterocycles. The number of nitrogens with one attached hydrogen (secondary N) is 1. The lowest BCUT2D eigenvalue weighted by Crippen LogP contribution is -2.47. The number of aliphatic hydroxyl groups is 1. The maximum Gasteiger partial charge on any atom is 0.0768 e. The summed E-state index contributed by atoms with van der Waals surface area (Å²) >= 11 is 0. The van der Waals surface area contributed by atoms with Gasteiger partial charge in [-0.1, -0.05) is 20.8 Å². The molecule has 0 amide bonds. The van der Waals surface area contributed by atoms with E-state index in [1.807, 2.05) is 6.92 Å². The molecular weight excluding hydrogens is 224 g/mol. The summed E-state index contributed by atoms with van der Waals surface area (Å²) in [5.74, 6) is 1.06. The van der Waals surface area contributed by atoms with Gasteiger partial charge in [-0.2, -0.15) is 0 Å². The Labute approximate surface area is 113 Å². The lowest BCUT2D eigenvalue weighted by Gasteiger charge is -2.37. The van der Waals surface area contributed by atoms with Gasteiger partial charge in [0.2, 0.25) is 0 Å². The van der Waals surface area contributed by atoms with E-state index in [1.54, 1.807) is 0 Å². The van der Waals surface area contributed by atoms with Crippen molar-refractivity contribution >= 4 is 0 Å². The Kier molecular flexibility index (Phi) is 6.61. The van der Waals surface area contributed by atoms with Crippen LogP contribution in [0.1, 0.15) is 47.0 Å². The zero-order valence-electron chi connectivity index (χ0n) is 12.7. The van der Waals surface area contributed by atoms with E-state index in [0.29, 0.717) is 5.92 Å². The van der Waals surface area contributed by atoms with Gasteiger partial charge in [0.25, 0.3) is 0 Å². The Morgan fingerprint density at radius 3 is 2.67 bits per heavy atom. The smallest absolute Gasteiger partial charge is 0.0768 e. The molecule has 1 aliphatic rings. The molecule has 2 N–H and O–H groups in total. The highest BCUT2D eigenvalue weighted by Crippen LogP contribution is 2.20. The molecule has 108 valence electrons. The second-order valence-corrected chi connectivity index (χ2v) is 6.46. The summed E-state index contributed by atoms with van der Waals surface area (Å²) in [5, 5.41) is 13.9. The first-order valence-corrected chi connectivity index (χ1v) is 7.61. The van der Waals surface area contributed by atoms with Crippen molar-refractivity contribution in [2.45, 2.75) is 52.6 Å². The minimum atomic E-state index is -0.572. The number of nitrogens with zero attached hydrogens (tertiary/aromatic N) is 1. The molecule has 0 spiro atoms. The third kappa shape index (κ3) is 5.25. The number of piperidine rings is 1. The van der Waals surface area contributed by atoms with Crippen molar-refractivity contribution in [2.75, 3.05) is 32.7 Å². The molecule has 1 rings (SSSR count). The first-order chi connectivity index (χ1) is 8.45.